The van der Waals surface area contributed by atoms with Gasteiger partial charge in [0.15, 0.2) is 0 Å². The molecule has 1 fully saturated rings. The van der Waals surface area contributed by atoms with Gasteiger partial charge in [0.25, 0.3) is 11.7 Å². The molecule has 0 radical (unpaired) electrons. The summed E-state index contributed by atoms with van der Waals surface area (Å²) >= 11 is 0. The van der Waals surface area contributed by atoms with Crippen LogP contribution in [0.25, 0.3) is 16.7 Å². The van der Waals surface area contributed by atoms with Crippen molar-refractivity contribution in [1.82, 2.24) is 9.88 Å². The lowest BCUT2D eigenvalue weighted by Gasteiger charge is -2.25. The number of hydrogen-bond acceptors (Lipinski definition) is 4. The summed E-state index contributed by atoms with van der Waals surface area (Å²) in [4.78, 5) is 31.1. The quantitative estimate of drug-likeness (QED) is 0.210. The number of carbonyl (C=O) groups is 2. The van der Waals surface area contributed by atoms with Crippen molar-refractivity contribution in [2.45, 2.75) is 19.4 Å². The van der Waals surface area contributed by atoms with Crippen LogP contribution in [0.1, 0.15) is 29.7 Å². The number of fused-ring (bicyclic) bond motifs is 1. The van der Waals surface area contributed by atoms with Crippen LogP contribution in [-0.2, 0) is 16.0 Å². The molecule has 1 aliphatic heterocycles. The Morgan fingerprint density at radius 1 is 1.03 bits per heavy atom. The van der Waals surface area contributed by atoms with Crippen molar-refractivity contribution in [3.05, 3.63) is 107 Å². The first-order chi connectivity index (χ1) is 17.5. The highest BCUT2D eigenvalue weighted by Crippen LogP contribution is 2.39. The van der Waals surface area contributed by atoms with Gasteiger partial charge in [0.1, 0.15) is 17.3 Å². The fourth-order valence-electron chi connectivity index (χ4n) is 4.71. The number of ether oxygens (including phenoxy) is 1. The standard InChI is InChI=1S/C29H25FN2O4/c1-2-36-22-13-9-19(10-14-22)27(33)25-26(18-7-11-21(30)12-8-18)32(29(35)28(25)34)16-15-20-17-31-24-6-4-3-5-23(20)24/h3-14,17,26,31,33H,2,15-16H2,1H3/t26-/m1/s1. The van der Waals surface area contributed by atoms with Gasteiger partial charge in [-0.25, -0.2) is 4.39 Å². The first-order valence-corrected chi connectivity index (χ1v) is 11.8. The molecular formula is C29H25FN2O4. The Balaban J connectivity index is 1.54. The Morgan fingerprint density at radius 3 is 2.47 bits per heavy atom. The summed E-state index contributed by atoms with van der Waals surface area (Å²) in [6, 6.07) is 19.3. The predicted molar refractivity (Wildman–Crippen MR) is 135 cm³/mol. The molecule has 4 aromatic rings. The number of hydrogen-bond donors (Lipinski definition) is 2. The average molecular weight is 485 g/mol. The second kappa shape index (κ2) is 9.70. The third kappa shape index (κ3) is 4.24. The number of H-pyrrole nitrogens is 1. The zero-order chi connectivity index (χ0) is 25.2. The lowest BCUT2D eigenvalue weighted by molar-refractivity contribution is -0.139. The van der Waals surface area contributed by atoms with Gasteiger partial charge in [-0.3, -0.25) is 9.59 Å². The first-order valence-electron chi connectivity index (χ1n) is 11.8. The molecule has 1 aromatic heterocycles. The van der Waals surface area contributed by atoms with Gasteiger partial charge in [-0.05, 0) is 66.9 Å². The van der Waals surface area contributed by atoms with Crippen LogP contribution < -0.4 is 4.74 Å². The summed E-state index contributed by atoms with van der Waals surface area (Å²) in [7, 11) is 0. The monoisotopic (exact) mass is 484 g/mol. The van der Waals surface area contributed by atoms with Crippen LogP contribution in [0.3, 0.4) is 0 Å². The summed E-state index contributed by atoms with van der Waals surface area (Å²) in [5.41, 5.74) is 2.91. The highest BCUT2D eigenvalue weighted by Gasteiger charge is 2.45. The van der Waals surface area contributed by atoms with Gasteiger partial charge in [0, 0.05) is 29.2 Å². The van der Waals surface area contributed by atoms with E-state index in [0.29, 0.717) is 29.9 Å². The fraction of sp³-hybridized carbons (Fsp3) is 0.172. The smallest absolute Gasteiger partial charge is 0.295 e. The maximum Gasteiger partial charge on any atom is 0.295 e. The number of Topliss-reactive ketones (excluding diaryl/α,β-unsaturated/α-hetero) is 1. The molecule has 0 unspecified atom stereocenters. The number of benzene rings is 3. The number of aromatic nitrogens is 1. The highest BCUT2D eigenvalue weighted by atomic mass is 19.1. The topological polar surface area (TPSA) is 82.6 Å². The number of nitrogens with one attached hydrogen (secondary N) is 1. The van der Waals surface area contributed by atoms with Crippen LogP contribution in [0, 0.1) is 5.82 Å². The van der Waals surface area contributed by atoms with E-state index in [2.05, 4.69) is 4.98 Å². The number of aliphatic hydroxyl groups excluding tert-OH is 1. The van der Waals surface area contributed by atoms with Gasteiger partial charge in [-0.15, -0.1) is 0 Å². The predicted octanol–water partition coefficient (Wildman–Crippen LogP) is 5.37. The minimum atomic E-state index is -0.845. The number of aromatic amines is 1. The van der Waals surface area contributed by atoms with E-state index in [1.165, 1.54) is 29.2 Å². The first kappa shape index (κ1) is 23.4. The number of halogens is 1. The van der Waals surface area contributed by atoms with Gasteiger partial charge in [-0.2, -0.15) is 0 Å². The second-order valence-corrected chi connectivity index (χ2v) is 8.61. The van der Waals surface area contributed by atoms with Gasteiger partial charge in [0.2, 0.25) is 0 Å². The van der Waals surface area contributed by atoms with Crippen LogP contribution in [0.2, 0.25) is 0 Å². The Hall–Kier alpha value is -4.39. The van der Waals surface area contributed by atoms with Crippen molar-refractivity contribution < 1.29 is 23.8 Å². The number of amides is 1. The number of carbonyl (C=O) groups excluding carboxylic acids is 2. The molecule has 36 heavy (non-hydrogen) atoms. The number of para-hydroxylation sites is 1. The molecule has 0 saturated carbocycles. The number of nitrogens with zero attached hydrogens (tertiary/aromatic N) is 1. The maximum atomic E-state index is 13.7. The SMILES string of the molecule is CCOc1ccc(C(O)=C2C(=O)C(=O)N(CCc3c[nH]c4ccccc34)[C@@H]2c2ccc(F)cc2)cc1. The Kier molecular flexibility index (Phi) is 6.29. The molecule has 2 N–H and O–H groups in total. The molecule has 1 atom stereocenters. The molecule has 1 amide bonds. The minimum absolute atomic E-state index is 0.0188. The lowest BCUT2D eigenvalue weighted by atomic mass is 9.95. The Labute approximate surface area is 207 Å². The zero-order valence-corrected chi connectivity index (χ0v) is 19.7. The molecule has 0 bridgehead atoms. The van der Waals surface area contributed by atoms with E-state index in [0.717, 1.165) is 16.5 Å². The number of ketones is 1. The summed E-state index contributed by atoms with van der Waals surface area (Å²) < 4.78 is 19.2. The van der Waals surface area contributed by atoms with E-state index in [1.807, 2.05) is 37.4 Å². The maximum absolute atomic E-state index is 13.7. The van der Waals surface area contributed by atoms with Gasteiger partial charge < -0.3 is 19.7 Å². The molecule has 5 rings (SSSR count). The molecule has 2 heterocycles. The summed E-state index contributed by atoms with van der Waals surface area (Å²) in [5, 5.41) is 12.2. The van der Waals surface area contributed by atoms with Gasteiger partial charge in [0.05, 0.1) is 18.2 Å². The van der Waals surface area contributed by atoms with Gasteiger partial charge in [-0.1, -0.05) is 30.3 Å². The largest absolute Gasteiger partial charge is 0.507 e. The van der Waals surface area contributed by atoms with E-state index < -0.39 is 23.5 Å². The van der Waals surface area contributed by atoms with Crippen LogP contribution in [-0.4, -0.2) is 39.8 Å². The highest BCUT2D eigenvalue weighted by molar-refractivity contribution is 6.46. The molecule has 7 heteroatoms. The summed E-state index contributed by atoms with van der Waals surface area (Å²) in [6.45, 7) is 2.61. The minimum Gasteiger partial charge on any atom is -0.507 e. The number of likely N-dealkylation sites (tertiary alicyclic amines) is 1. The zero-order valence-electron chi connectivity index (χ0n) is 19.7. The van der Waals surface area contributed by atoms with E-state index in [-0.39, 0.29) is 17.9 Å². The summed E-state index contributed by atoms with van der Waals surface area (Å²) in [6.07, 6.45) is 2.39. The second-order valence-electron chi connectivity index (χ2n) is 8.61. The molecule has 1 aliphatic rings. The number of aliphatic hydroxyl groups is 1. The molecular weight excluding hydrogens is 459 g/mol. The van der Waals surface area contributed by atoms with E-state index >= 15 is 0 Å². The van der Waals surface area contributed by atoms with Crippen molar-refractivity contribution in [2.24, 2.45) is 0 Å². The molecule has 0 spiro atoms. The third-order valence-electron chi connectivity index (χ3n) is 6.46. The third-order valence-corrected chi connectivity index (χ3v) is 6.46. The lowest BCUT2D eigenvalue weighted by Crippen LogP contribution is -2.31. The summed E-state index contributed by atoms with van der Waals surface area (Å²) in [5.74, 6) is -1.55. The van der Waals surface area contributed by atoms with Crippen LogP contribution in [0.4, 0.5) is 4.39 Å². The molecule has 0 aliphatic carbocycles. The van der Waals surface area contributed by atoms with Gasteiger partial charge >= 0.3 is 0 Å². The number of rotatable bonds is 7. The molecule has 182 valence electrons. The molecule has 3 aromatic carbocycles. The Morgan fingerprint density at radius 2 is 1.75 bits per heavy atom. The molecule has 1 saturated heterocycles. The molecule has 6 nitrogen and oxygen atoms in total. The van der Waals surface area contributed by atoms with Crippen LogP contribution in [0.5, 0.6) is 5.75 Å². The fourth-order valence-corrected chi connectivity index (χ4v) is 4.71. The normalized spacial score (nSPS) is 17.2. The van der Waals surface area contributed by atoms with E-state index in [1.54, 1.807) is 24.3 Å². The van der Waals surface area contributed by atoms with Crippen LogP contribution >= 0.6 is 0 Å². The van der Waals surface area contributed by atoms with Crippen molar-refractivity contribution in [3.8, 4) is 5.75 Å². The van der Waals surface area contributed by atoms with Crippen molar-refractivity contribution in [1.29, 1.82) is 0 Å². The average Bonchev–Trinajstić information content (AvgIpc) is 3.42. The van der Waals surface area contributed by atoms with Crippen molar-refractivity contribution in [2.75, 3.05) is 13.2 Å². The van der Waals surface area contributed by atoms with Crippen molar-refractivity contribution >= 4 is 28.4 Å². The van der Waals surface area contributed by atoms with E-state index in [4.69, 9.17) is 4.74 Å². The Bertz CT molecular complexity index is 1450. The van der Waals surface area contributed by atoms with Crippen LogP contribution in [0.15, 0.2) is 84.6 Å². The van der Waals surface area contributed by atoms with Crippen molar-refractivity contribution in [3.63, 3.8) is 0 Å². The van der Waals surface area contributed by atoms with E-state index in [9.17, 15) is 19.1 Å².